The minimum absolute atomic E-state index is 0.275. The van der Waals surface area contributed by atoms with Gasteiger partial charge in [0.15, 0.2) is 0 Å². The van der Waals surface area contributed by atoms with Gasteiger partial charge in [0.05, 0.1) is 17.5 Å². The quantitative estimate of drug-likeness (QED) is 0.805. The maximum Gasteiger partial charge on any atom is 0.319 e. The molecule has 0 bridgehead atoms. The summed E-state index contributed by atoms with van der Waals surface area (Å²) in [7, 11) is 0. The fraction of sp³-hybridized carbons (Fsp3) is 0.412. The Kier molecular flexibility index (Phi) is 5.10. The van der Waals surface area contributed by atoms with Crippen LogP contribution in [0.3, 0.4) is 0 Å². The molecule has 0 aliphatic heterocycles. The maximum absolute atomic E-state index is 13.5. The summed E-state index contributed by atoms with van der Waals surface area (Å²) in [5.74, 6) is -0.158. The number of urea groups is 1. The first-order valence-corrected chi connectivity index (χ1v) is 8.14. The highest BCUT2D eigenvalue weighted by Gasteiger charge is 2.20. The average molecular weight is 332 g/mol. The Morgan fingerprint density at radius 1 is 1.42 bits per heavy atom. The van der Waals surface area contributed by atoms with E-state index in [1.165, 1.54) is 12.1 Å². The summed E-state index contributed by atoms with van der Waals surface area (Å²) < 4.78 is 15.1. The molecule has 2 atom stereocenters. The van der Waals surface area contributed by atoms with Crippen molar-refractivity contribution in [3.8, 4) is 5.69 Å². The number of anilines is 1. The number of benzene rings is 1. The van der Waals surface area contributed by atoms with E-state index in [0.717, 1.165) is 19.3 Å². The molecule has 1 fully saturated rings. The summed E-state index contributed by atoms with van der Waals surface area (Å²) in [6, 6.07) is 5.51. The number of hydrogen-bond acceptors (Lipinski definition) is 3. The van der Waals surface area contributed by atoms with Crippen LogP contribution in [-0.4, -0.2) is 33.6 Å². The lowest BCUT2D eigenvalue weighted by Crippen LogP contribution is -2.35. The zero-order valence-electron chi connectivity index (χ0n) is 13.3. The molecule has 1 aliphatic carbocycles. The van der Waals surface area contributed by atoms with Crippen molar-refractivity contribution >= 4 is 11.7 Å². The van der Waals surface area contributed by atoms with Crippen molar-refractivity contribution in [2.75, 3.05) is 11.9 Å². The van der Waals surface area contributed by atoms with Crippen LogP contribution >= 0.6 is 0 Å². The number of halogens is 1. The zero-order valence-corrected chi connectivity index (χ0v) is 13.3. The number of hydrogen-bond donors (Lipinski definition) is 3. The summed E-state index contributed by atoms with van der Waals surface area (Å²) >= 11 is 0. The van der Waals surface area contributed by atoms with Crippen LogP contribution in [0, 0.1) is 11.7 Å². The summed E-state index contributed by atoms with van der Waals surface area (Å²) in [5.41, 5.74) is 0.935. The molecular weight excluding hydrogens is 311 g/mol. The van der Waals surface area contributed by atoms with E-state index < -0.39 is 11.8 Å². The Bertz CT molecular complexity index is 690. The molecule has 0 saturated heterocycles. The molecule has 3 N–H and O–H groups in total. The molecule has 2 aromatic rings. The van der Waals surface area contributed by atoms with Gasteiger partial charge in [0.25, 0.3) is 0 Å². The van der Waals surface area contributed by atoms with Crippen LogP contribution in [0.25, 0.3) is 5.69 Å². The fourth-order valence-corrected chi connectivity index (χ4v) is 3.07. The van der Waals surface area contributed by atoms with Crippen LogP contribution in [0.5, 0.6) is 0 Å². The second kappa shape index (κ2) is 7.44. The van der Waals surface area contributed by atoms with Crippen molar-refractivity contribution in [1.82, 2.24) is 15.1 Å². The Morgan fingerprint density at radius 3 is 3.04 bits per heavy atom. The fourth-order valence-electron chi connectivity index (χ4n) is 3.07. The van der Waals surface area contributed by atoms with E-state index in [1.54, 1.807) is 29.2 Å². The third-order valence-corrected chi connectivity index (χ3v) is 4.26. The summed E-state index contributed by atoms with van der Waals surface area (Å²) in [5, 5.41) is 19.3. The normalized spacial score (nSPS) is 20.6. The van der Waals surface area contributed by atoms with Crippen molar-refractivity contribution in [3.63, 3.8) is 0 Å². The molecule has 1 aliphatic rings. The smallest absolute Gasteiger partial charge is 0.319 e. The van der Waals surface area contributed by atoms with Crippen LogP contribution in [0.15, 0.2) is 36.7 Å². The van der Waals surface area contributed by atoms with Crippen LogP contribution in [0.1, 0.15) is 25.7 Å². The Balaban J connectivity index is 1.63. The van der Waals surface area contributed by atoms with Crippen LogP contribution < -0.4 is 10.6 Å². The van der Waals surface area contributed by atoms with Gasteiger partial charge in [-0.15, -0.1) is 0 Å². The molecule has 7 heteroatoms. The van der Waals surface area contributed by atoms with E-state index >= 15 is 0 Å². The van der Waals surface area contributed by atoms with Gasteiger partial charge in [0.1, 0.15) is 5.82 Å². The zero-order chi connectivity index (χ0) is 16.9. The van der Waals surface area contributed by atoms with Gasteiger partial charge in [-0.25, -0.2) is 13.9 Å². The molecular formula is C17H21FN4O2. The van der Waals surface area contributed by atoms with Crippen LogP contribution in [0.4, 0.5) is 14.9 Å². The highest BCUT2D eigenvalue weighted by molar-refractivity contribution is 5.91. The summed E-state index contributed by atoms with van der Waals surface area (Å²) in [6.45, 7) is 0.495. The third-order valence-electron chi connectivity index (χ3n) is 4.26. The van der Waals surface area contributed by atoms with Gasteiger partial charge in [-0.05, 0) is 49.4 Å². The highest BCUT2D eigenvalue weighted by atomic mass is 19.1. The van der Waals surface area contributed by atoms with E-state index in [2.05, 4.69) is 15.7 Å². The topological polar surface area (TPSA) is 79.2 Å². The molecule has 0 radical (unpaired) electrons. The van der Waals surface area contributed by atoms with Crippen molar-refractivity contribution in [2.24, 2.45) is 5.92 Å². The number of carbonyl (C=O) groups is 1. The van der Waals surface area contributed by atoms with E-state index in [0.29, 0.717) is 24.3 Å². The first-order valence-electron chi connectivity index (χ1n) is 8.14. The van der Waals surface area contributed by atoms with Gasteiger partial charge in [-0.1, -0.05) is 6.42 Å². The molecule has 24 heavy (non-hydrogen) atoms. The van der Waals surface area contributed by atoms with Crippen LogP contribution in [-0.2, 0) is 0 Å². The van der Waals surface area contributed by atoms with Gasteiger partial charge >= 0.3 is 6.03 Å². The standard InChI is InChI=1S/C17H21FN4O2/c18-13-5-6-16(22-8-2-7-20-22)15(10-13)21-17(24)19-11-12-3-1-4-14(23)9-12/h2,5-8,10,12,14,23H,1,3-4,9,11H2,(H2,19,21,24). The average Bonchev–Trinajstić information content (AvgIpc) is 3.07. The van der Waals surface area contributed by atoms with Crippen molar-refractivity contribution in [1.29, 1.82) is 0 Å². The highest BCUT2D eigenvalue weighted by Crippen LogP contribution is 2.24. The van der Waals surface area contributed by atoms with E-state index in [9.17, 15) is 14.3 Å². The molecule has 1 aromatic carbocycles. The molecule has 0 spiro atoms. The minimum atomic E-state index is -0.434. The Morgan fingerprint density at radius 2 is 2.29 bits per heavy atom. The lowest BCUT2D eigenvalue weighted by molar-refractivity contribution is 0.101. The molecule has 6 nitrogen and oxygen atoms in total. The number of rotatable bonds is 4. The Hall–Kier alpha value is -2.41. The number of aliphatic hydroxyl groups excluding tert-OH is 1. The molecule has 1 heterocycles. The minimum Gasteiger partial charge on any atom is -0.393 e. The first-order chi connectivity index (χ1) is 11.6. The van der Waals surface area contributed by atoms with Gasteiger partial charge in [0.2, 0.25) is 0 Å². The number of nitrogens with zero attached hydrogens (tertiary/aromatic N) is 2. The third kappa shape index (κ3) is 4.11. The molecule has 128 valence electrons. The summed E-state index contributed by atoms with van der Waals surface area (Å²) in [4.78, 5) is 12.1. The number of nitrogens with one attached hydrogen (secondary N) is 2. The predicted molar refractivity (Wildman–Crippen MR) is 88.5 cm³/mol. The monoisotopic (exact) mass is 332 g/mol. The number of carbonyl (C=O) groups excluding carboxylic acids is 1. The van der Waals surface area contributed by atoms with E-state index in [-0.39, 0.29) is 12.0 Å². The van der Waals surface area contributed by atoms with E-state index in [1.807, 2.05) is 0 Å². The van der Waals surface area contributed by atoms with Crippen molar-refractivity contribution in [3.05, 3.63) is 42.5 Å². The molecule has 3 rings (SSSR count). The van der Waals surface area contributed by atoms with Gasteiger partial charge in [-0.2, -0.15) is 5.10 Å². The van der Waals surface area contributed by atoms with Gasteiger partial charge in [0, 0.05) is 18.9 Å². The molecule has 1 saturated carbocycles. The second-order valence-corrected chi connectivity index (χ2v) is 6.13. The van der Waals surface area contributed by atoms with Gasteiger partial charge in [-0.3, -0.25) is 0 Å². The number of aromatic nitrogens is 2. The number of aliphatic hydroxyl groups is 1. The van der Waals surface area contributed by atoms with Crippen molar-refractivity contribution < 1.29 is 14.3 Å². The largest absolute Gasteiger partial charge is 0.393 e. The van der Waals surface area contributed by atoms with Gasteiger partial charge < -0.3 is 15.7 Å². The maximum atomic E-state index is 13.5. The summed E-state index contributed by atoms with van der Waals surface area (Å²) in [6.07, 6.45) is 6.57. The number of amides is 2. The van der Waals surface area contributed by atoms with E-state index in [4.69, 9.17) is 0 Å². The lowest BCUT2D eigenvalue weighted by atomic mass is 9.87. The lowest BCUT2D eigenvalue weighted by Gasteiger charge is -2.26. The van der Waals surface area contributed by atoms with Crippen LogP contribution in [0.2, 0.25) is 0 Å². The molecule has 2 unspecified atom stereocenters. The molecule has 1 aromatic heterocycles. The molecule has 2 amide bonds. The second-order valence-electron chi connectivity index (χ2n) is 6.13. The Labute approximate surface area is 139 Å². The predicted octanol–water partition coefficient (Wildman–Crippen LogP) is 2.68. The SMILES string of the molecule is O=C(NCC1CCCC(O)C1)Nc1cc(F)ccc1-n1cccn1. The van der Waals surface area contributed by atoms with Crippen molar-refractivity contribution in [2.45, 2.75) is 31.8 Å². The first kappa shape index (κ1) is 16.4.